The van der Waals surface area contributed by atoms with E-state index in [1.165, 1.54) is 45.2 Å². The van der Waals surface area contributed by atoms with E-state index in [0.29, 0.717) is 25.9 Å². The molecule has 0 saturated carbocycles. The third kappa shape index (κ3) is 14.7. The van der Waals surface area contributed by atoms with Gasteiger partial charge < -0.3 is 28.4 Å². The average Bonchev–Trinajstić information content (AvgIpc) is 2.77. The number of nitrogens with one attached hydrogen (secondary N) is 1. The van der Waals surface area contributed by atoms with Crippen LogP contribution in [-0.2, 0) is 13.3 Å². The molecule has 0 aliphatic rings. The second kappa shape index (κ2) is 20.6. The topological polar surface area (TPSA) is 46.2 Å². The molecular formula is C24H55N3O3Si. The van der Waals surface area contributed by atoms with E-state index >= 15 is 0 Å². The Morgan fingerprint density at radius 2 is 1.23 bits per heavy atom. The minimum absolute atomic E-state index is 0.647. The molecule has 0 fully saturated rings. The van der Waals surface area contributed by atoms with Crippen LogP contribution in [0, 0.1) is 0 Å². The Hall–Kier alpha value is -0.0231. The fraction of sp³-hybridized carbons (Fsp3) is 1.00. The first-order chi connectivity index (χ1) is 15.0. The van der Waals surface area contributed by atoms with Gasteiger partial charge in [0.05, 0.1) is 0 Å². The summed E-state index contributed by atoms with van der Waals surface area (Å²) in [5.41, 5.74) is 0. The maximum absolute atomic E-state index is 6.09. The highest BCUT2D eigenvalue weighted by molar-refractivity contribution is 6.60. The zero-order chi connectivity index (χ0) is 23.4. The maximum atomic E-state index is 6.09. The molecule has 0 bridgehead atoms. The third-order valence-corrected chi connectivity index (χ3v) is 8.85. The van der Waals surface area contributed by atoms with Gasteiger partial charge in [0.15, 0.2) is 0 Å². The van der Waals surface area contributed by atoms with Crippen molar-refractivity contribution in [3.05, 3.63) is 0 Å². The molecule has 0 aromatic rings. The van der Waals surface area contributed by atoms with Crippen molar-refractivity contribution in [3.8, 4) is 0 Å². The Balaban J connectivity index is 4.84. The molecule has 1 N–H and O–H groups in total. The van der Waals surface area contributed by atoms with Gasteiger partial charge in [-0.3, -0.25) is 0 Å². The van der Waals surface area contributed by atoms with Gasteiger partial charge in [-0.2, -0.15) is 0 Å². The highest BCUT2D eigenvalue weighted by Gasteiger charge is 2.40. The Labute approximate surface area is 195 Å². The van der Waals surface area contributed by atoms with Crippen LogP contribution in [0.3, 0.4) is 0 Å². The van der Waals surface area contributed by atoms with Crippen LogP contribution in [0.15, 0.2) is 0 Å². The fourth-order valence-electron chi connectivity index (χ4n) is 4.08. The quantitative estimate of drug-likeness (QED) is 0.177. The molecule has 0 aromatic heterocycles. The van der Waals surface area contributed by atoms with Crippen LogP contribution >= 0.6 is 0 Å². The second-order valence-electron chi connectivity index (χ2n) is 8.18. The van der Waals surface area contributed by atoms with Crippen molar-refractivity contribution in [1.29, 1.82) is 0 Å². The Bertz CT molecular complexity index is 370. The molecule has 0 spiro atoms. The molecule has 0 heterocycles. The second-order valence-corrected chi connectivity index (χ2v) is 10.9. The summed E-state index contributed by atoms with van der Waals surface area (Å²) < 4.78 is 18.3. The number of nitrogens with zero attached hydrogens (tertiary/aromatic N) is 2. The zero-order valence-corrected chi connectivity index (χ0v) is 23.0. The summed E-state index contributed by atoms with van der Waals surface area (Å²) in [7, 11) is -2.58. The first-order valence-electron chi connectivity index (χ1n) is 13.1. The fourth-order valence-corrected chi connectivity index (χ4v) is 6.67. The van der Waals surface area contributed by atoms with Crippen molar-refractivity contribution >= 4 is 8.80 Å². The van der Waals surface area contributed by atoms with Crippen molar-refractivity contribution < 1.29 is 13.3 Å². The summed E-state index contributed by atoms with van der Waals surface area (Å²) in [5.74, 6) is 0. The molecule has 31 heavy (non-hydrogen) atoms. The van der Waals surface area contributed by atoms with Crippen LogP contribution in [-0.4, -0.2) is 90.3 Å². The van der Waals surface area contributed by atoms with Gasteiger partial charge in [0.2, 0.25) is 0 Å². The molecule has 0 radical (unpaired) electrons. The third-order valence-electron chi connectivity index (χ3n) is 5.83. The van der Waals surface area contributed by atoms with Crippen molar-refractivity contribution in [2.75, 3.05) is 65.6 Å². The Kier molecular flexibility index (Phi) is 20.6. The molecule has 188 valence electrons. The lowest BCUT2D eigenvalue weighted by Crippen LogP contribution is -2.48. The average molecular weight is 462 g/mol. The van der Waals surface area contributed by atoms with Gasteiger partial charge in [-0.15, -0.1) is 0 Å². The zero-order valence-electron chi connectivity index (χ0n) is 22.0. The van der Waals surface area contributed by atoms with Crippen molar-refractivity contribution in [3.63, 3.8) is 0 Å². The van der Waals surface area contributed by atoms with Crippen LogP contribution in [0.1, 0.15) is 80.6 Å². The summed E-state index contributed by atoms with van der Waals surface area (Å²) in [6, 6.07) is 1.52. The number of hydrogen-bond donors (Lipinski definition) is 1. The Morgan fingerprint density at radius 1 is 0.677 bits per heavy atom. The van der Waals surface area contributed by atoms with Crippen LogP contribution in [0.2, 0.25) is 6.04 Å². The van der Waals surface area contributed by atoms with Gasteiger partial charge in [0.1, 0.15) is 0 Å². The van der Waals surface area contributed by atoms with Gasteiger partial charge in [-0.25, -0.2) is 0 Å². The van der Waals surface area contributed by atoms with E-state index in [1.807, 2.05) is 20.8 Å². The number of hydrogen-bond acceptors (Lipinski definition) is 6. The Morgan fingerprint density at radius 3 is 1.71 bits per heavy atom. The molecular weight excluding hydrogens is 406 g/mol. The van der Waals surface area contributed by atoms with Gasteiger partial charge in [0.25, 0.3) is 0 Å². The van der Waals surface area contributed by atoms with E-state index in [2.05, 4.69) is 42.8 Å². The van der Waals surface area contributed by atoms with E-state index in [-0.39, 0.29) is 0 Å². The minimum Gasteiger partial charge on any atom is -0.374 e. The molecule has 0 aliphatic heterocycles. The van der Waals surface area contributed by atoms with Crippen molar-refractivity contribution in [2.24, 2.45) is 0 Å². The molecule has 6 nitrogen and oxygen atoms in total. The lowest BCUT2D eigenvalue weighted by atomic mass is 10.2. The predicted octanol–water partition coefficient (Wildman–Crippen LogP) is 4.63. The van der Waals surface area contributed by atoms with Crippen LogP contribution in [0.5, 0.6) is 0 Å². The van der Waals surface area contributed by atoms with Crippen molar-refractivity contribution in [2.45, 2.75) is 92.7 Å². The lowest BCUT2D eigenvalue weighted by molar-refractivity contribution is 0.0678. The van der Waals surface area contributed by atoms with Gasteiger partial charge in [0, 0.05) is 38.5 Å². The monoisotopic (exact) mass is 461 g/mol. The van der Waals surface area contributed by atoms with Gasteiger partial charge in [-0.05, 0) is 92.1 Å². The maximum Gasteiger partial charge on any atom is 0.502 e. The van der Waals surface area contributed by atoms with E-state index in [9.17, 15) is 0 Å². The molecule has 0 amide bonds. The van der Waals surface area contributed by atoms with Crippen LogP contribution in [0.25, 0.3) is 0 Å². The molecule has 0 unspecified atom stereocenters. The number of rotatable bonds is 23. The summed E-state index contributed by atoms with van der Waals surface area (Å²) in [6.07, 6.45) is 6.02. The van der Waals surface area contributed by atoms with Gasteiger partial charge in [-0.1, -0.05) is 27.7 Å². The van der Waals surface area contributed by atoms with E-state index < -0.39 is 8.80 Å². The highest BCUT2D eigenvalue weighted by atomic mass is 28.4. The molecule has 0 saturated heterocycles. The van der Waals surface area contributed by atoms with Crippen LogP contribution in [0.4, 0.5) is 0 Å². The smallest absolute Gasteiger partial charge is 0.374 e. The van der Waals surface area contributed by atoms with E-state index in [4.69, 9.17) is 13.3 Å². The predicted molar refractivity (Wildman–Crippen MR) is 136 cm³/mol. The largest absolute Gasteiger partial charge is 0.502 e. The summed E-state index contributed by atoms with van der Waals surface area (Å²) in [4.78, 5) is 5.17. The molecule has 0 aliphatic carbocycles. The molecule has 0 atom stereocenters. The van der Waals surface area contributed by atoms with Gasteiger partial charge >= 0.3 is 8.80 Å². The highest BCUT2D eigenvalue weighted by Crippen LogP contribution is 2.17. The van der Waals surface area contributed by atoms with E-state index in [1.54, 1.807) is 0 Å². The SMILES string of the molecule is CCCN(CC)CCCN(CCCNC(CC)CC)CC[Si](OCC)(OCC)OCC. The standard InChI is InChI=1S/C24H55N3O3Si/c1-8-18-26(11-4)20-16-21-27(19-15-17-25-24(9-2)10-3)22-23-31(28-12-5,29-13-6)30-14-7/h24-25H,8-23H2,1-7H3. The molecule has 7 heteroatoms. The minimum atomic E-state index is -2.58. The lowest BCUT2D eigenvalue weighted by Gasteiger charge is -2.31. The first kappa shape index (κ1) is 31.0. The van der Waals surface area contributed by atoms with E-state index in [0.717, 1.165) is 38.8 Å². The summed E-state index contributed by atoms with van der Waals surface area (Å²) in [5, 5.41) is 3.71. The van der Waals surface area contributed by atoms with Crippen molar-refractivity contribution in [1.82, 2.24) is 15.1 Å². The molecule has 0 rings (SSSR count). The summed E-state index contributed by atoms with van der Waals surface area (Å²) in [6.45, 7) is 24.9. The normalized spacial score (nSPS) is 12.6. The molecule has 0 aromatic carbocycles. The van der Waals surface area contributed by atoms with Crippen LogP contribution < -0.4 is 5.32 Å². The first-order valence-corrected chi connectivity index (χ1v) is 15.1. The summed E-state index contributed by atoms with van der Waals surface area (Å²) >= 11 is 0.